The fraction of sp³-hybridized carbons (Fsp3) is 0.375. The fourth-order valence-electron chi connectivity index (χ4n) is 1.71. The number of benzene rings is 1. The highest BCUT2D eigenvalue weighted by Gasteiger charge is 2.19. The van der Waals surface area contributed by atoms with Crippen molar-refractivity contribution in [1.29, 1.82) is 0 Å². The van der Waals surface area contributed by atoms with Crippen molar-refractivity contribution in [3.63, 3.8) is 0 Å². The molecule has 0 aliphatic heterocycles. The van der Waals surface area contributed by atoms with Crippen LogP contribution in [0.1, 0.15) is 19.4 Å². The van der Waals surface area contributed by atoms with Gasteiger partial charge >= 0.3 is 5.97 Å². The molecule has 0 atom stereocenters. The number of hydrogen-bond acceptors (Lipinski definition) is 4. The molecule has 1 N–H and O–H groups in total. The van der Waals surface area contributed by atoms with Crippen LogP contribution >= 0.6 is 0 Å². The van der Waals surface area contributed by atoms with Crippen molar-refractivity contribution in [1.82, 2.24) is 5.32 Å². The van der Waals surface area contributed by atoms with Crippen LogP contribution in [0.2, 0.25) is 0 Å². The number of Topliss-reactive ketones (excluding diaryl/α,β-unsaturated/α-hetero) is 1. The van der Waals surface area contributed by atoms with Gasteiger partial charge in [0.25, 0.3) is 0 Å². The Morgan fingerprint density at radius 1 is 1.20 bits per heavy atom. The van der Waals surface area contributed by atoms with Gasteiger partial charge in [-0.05, 0) is 19.0 Å². The second kappa shape index (κ2) is 9.04. The molecule has 0 amide bonds. The molecule has 0 aliphatic carbocycles. The maximum atomic E-state index is 12.2. The average Bonchev–Trinajstić information content (AvgIpc) is 2.44. The van der Waals surface area contributed by atoms with E-state index in [0.29, 0.717) is 6.54 Å². The highest BCUT2D eigenvalue weighted by Crippen LogP contribution is 2.07. The summed E-state index contributed by atoms with van der Waals surface area (Å²) in [5.74, 6) is -0.765. The molecule has 4 heteroatoms. The SMILES string of the molecule is CCNCC=C(C(=O)Cc1ccccc1)C(=O)OCC. The molecule has 0 bridgehead atoms. The molecular formula is C16H21NO3. The predicted octanol–water partition coefficient (Wildman–Crippen LogP) is 1.90. The molecule has 4 nitrogen and oxygen atoms in total. The normalized spacial score (nSPS) is 11.2. The van der Waals surface area contributed by atoms with Crippen molar-refractivity contribution in [2.45, 2.75) is 20.3 Å². The maximum absolute atomic E-state index is 12.2. The van der Waals surface area contributed by atoms with Gasteiger partial charge in [0.2, 0.25) is 0 Å². The lowest BCUT2D eigenvalue weighted by Crippen LogP contribution is -2.21. The van der Waals surface area contributed by atoms with Crippen molar-refractivity contribution in [2.75, 3.05) is 19.7 Å². The topological polar surface area (TPSA) is 55.4 Å². The van der Waals surface area contributed by atoms with Crippen molar-refractivity contribution in [3.05, 3.63) is 47.5 Å². The smallest absolute Gasteiger partial charge is 0.341 e. The molecule has 20 heavy (non-hydrogen) atoms. The number of likely N-dealkylation sites (N-methyl/N-ethyl adjacent to an activating group) is 1. The van der Waals surface area contributed by atoms with Crippen molar-refractivity contribution < 1.29 is 14.3 Å². The summed E-state index contributed by atoms with van der Waals surface area (Å²) in [4.78, 5) is 24.1. The molecule has 0 saturated heterocycles. The number of carbonyl (C=O) groups excluding carboxylic acids is 2. The Kier molecular flexibility index (Phi) is 7.29. The van der Waals surface area contributed by atoms with Gasteiger partial charge in [-0.1, -0.05) is 43.3 Å². The minimum Gasteiger partial charge on any atom is -0.462 e. The summed E-state index contributed by atoms with van der Waals surface area (Å²) in [5, 5.41) is 3.06. The first-order valence-electron chi connectivity index (χ1n) is 6.84. The van der Waals surface area contributed by atoms with Crippen LogP contribution < -0.4 is 5.32 Å². The molecular weight excluding hydrogens is 254 g/mol. The Morgan fingerprint density at radius 2 is 1.90 bits per heavy atom. The molecule has 0 unspecified atom stereocenters. The molecule has 108 valence electrons. The van der Waals surface area contributed by atoms with Gasteiger partial charge in [-0.2, -0.15) is 0 Å². The zero-order valence-electron chi connectivity index (χ0n) is 12.0. The minimum atomic E-state index is -0.550. The van der Waals surface area contributed by atoms with Gasteiger partial charge in [0.1, 0.15) is 5.57 Å². The summed E-state index contributed by atoms with van der Waals surface area (Å²) < 4.78 is 4.94. The molecule has 1 rings (SSSR count). The number of esters is 1. The van der Waals surface area contributed by atoms with E-state index in [0.717, 1.165) is 12.1 Å². The predicted molar refractivity (Wildman–Crippen MR) is 78.4 cm³/mol. The first kappa shape index (κ1) is 16.1. The lowest BCUT2D eigenvalue weighted by atomic mass is 10.0. The van der Waals surface area contributed by atoms with E-state index in [1.54, 1.807) is 13.0 Å². The van der Waals surface area contributed by atoms with E-state index in [1.165, 1.54) is 0 Å². The molecule has 0 saturated carbocycles. The molecule has 0 aromatic heterocycles. The number of rotatable bonds is 8. The zero-order valence-corrected chi connectivity index (χ0v) is 12.0. The van der Waals surface area contributed by atoms with Gasteiger partial charge in [0, 0.05) is 13.0 Å². The van der Waals surface area contributed by atoms with E-state index in [4.69, 9.17) is 4.74 Å². The molecule has 0 aliphatic rings. The summed E-state index contributed by atoms with van der Waals surface area (Å²) in [6.45, 7) is 5.20. The minimum absolute atomic E-state index is 0.122. The zero-order chi connectivity index (χ0) is 14.8. The number of hydrogen-bond donors (Lipinski definition) is 1. The first-order chi connectivity index (χ1) is 9.69. The van der Waals surface area contributed by atoms with Gasteiger partial charge in [0.15, 0.2) is 5.78 Å². The van der Waals surface area contributed by atoms with Crippen molar-refractivity contribution in [3.8, 4) is 0 Å². The second-order valence-corrected chi connectivity index (χ2v) is 4.23. The van der Waals surface area contributed by atoms with Crippen LogP contribution in [0.4, 0.5) is 0 Å². The average molecular weight is 275 g/mol. The Bertz CT molecular complexity index is 466. The molecule has 0 radical (unpaired) electrons. The van der Waals surface area contributed by atoms with Crippen molar-refractivity contribution >= 4 is 11.8 Å². The van der Waals surface area contributed by atoms with E-state index < -0.39 is 5.97 Å². The van der Waals surface area contributed by atoms with Crippen LogP contribution in [-0.2, 0) is 20.7 Å². The second-order valence-electron chi connectivity index (χ2n) is 4.23. The van der Waals surface area contributed by atoms with E-state index in [1.807, 2.05) is 37.3 Å². The molecule has 0 heterocycles. The van der Waals surface area contributed by atoms with Crippen LogP contribution in [0, 0.1) is 0 Å². The van der Waals surface area contributed by atoms with E-state index in [-0.39, 0.29) is 24.4 Å². The van der Waals surface area contributed by atoms with Crippen LogP contribution in [-0.4, -0.2) is 31.4 Å². The van der Waals surface area contributed by atoms with Gasteiger partial charge in [0.05, 0.1) is 6.61 Å². The highest BCUT2D eigenvalue weighted by molar-refractivity contribution is 6.17. The van der Waals surface area contributed by atoms with E-state index >= 15 is 0 Å². The number of ether oxygens (including phenoxy) is 1. The molecule has 1 aromatic rings. The third kappa shape index (κ3) is 5.36. The van der Waals surface area contributed by atoms with Gasteiger partial charge < -0.3 is 10.1 Å². The van der Waals surface area contributed by atoms with Crippen LogP contribution in [0.15, 0.2) is 42.0 Å². The molecule has 0 fully saturated rings. The highest BCUT2D eigenvalue weighted by atomic mass is 16.5. The lowest BCUT2D eigenvalue weighted by Gasteiger charge is -2.07. The van der Waals surface area contributed by atoms with Gasteiger partial charge in [-0.3, -0.25) is 4.79 Å². The Morgan fingerprint density at radius 3 is 2.50 bits per heavy atom. The van der Waals surface area contributed by atoms with E-state index in [9.17, 15) is 9.59 Å². The lowest BCUT2D eigenvalue weighted by molar-refractivity contribution is -0.140. The standard InChI is InChI=1S/C16H21NO3/c1-3-17-11-10-14(16(19)20-4-2)15(18)12-13-8-6-5-7-9-13/h5-10,17H,3-4,11-12H2,1-2H3. The Hall–Kier alpha value is -1.94. The van der Waals surface area contributed by atoms with Crippen LogP contribution in [0.3, 0.4) is 0 Å². The Labute approximate surface area is 119 Å². The quantitative estimate of drug-likeness (QED) is 0.259. The third-order valence-corrected chi connectivity index (χ3v) is 2.70. The Balaban J connectivity index is 2.78. The molecule has 0 spiro atoms. The number of carbonyl (C=O) groups is 2. The summed E-state index contributed by atoms with van der Waals surface area (Å²) in [6, 6.07) is 9.36. The largest absolute Gasteiger partial charge is 0.462 e. The monoisotopic (exact) mass is 275 g/mol. The van der Waals surface area contributed by atoms with Gasteiger partial charge in [-0.25, -0.2) is 4.79 Å². The third-order valence-electron chi connectivity index (χ3n) is 2.70. The summed E-state index contributed by atoms with van der Waals surface area (Å²) >= 11 is 0. The summed E-state index contributed by atoms with van der Waals surface area (Å²) in [7, 11) is 0. The van der Waals surface area contributed by atoms with E-state index in [2.05, 4.69) is 5.32 Å². The van der Waals surface area contributed by atoms with Crippen molar-refractivity contribution in [2.24, 2.45) is 0 Å². The number of ketones is 1. The summed E-state index contributed by atoms with van der Waals surface area (Å²) in [6.07, 6.45) is 1.81. The fourth-order valence-corrected chi connectivity index (χ4v) is 1.71. The number of nitrogens with one attached hydrogen (secondary N) is 1. The van der Waals surface area contributed by atoms with Crippen LogP contribution in [0.5, 0.6) is 0 Å². The van der Waals surface area contributed by atoms with Gasteiger partial charge in [-0.15, -0.1) is 0 Å². The first-order valence-corrected chi connectivity index (χ1v) is 6.84. The summed E-state index contributed by atoms with van der Waals surface area (Å²) in [5.41, 5.74) is 1.01. The molecule has 1 aromatic carbocycles. The van der Waals surface area contributed by atoms with Crippen LogP contribution in [0.25, 0.3) is 0 Å². The maximum Gasteiger partial charge on any atom is 0.341 e.